The van der Waals surface area contributed by atoms with Gasteiger partial charge in [-0.3, -0.25) is 0 Å². The van der Waals surface area contributed by atoms with Gasteiger partial charge in [-0.2, -0.15) is 0 Å². The minimum atomic E-state index is 0.121. The van der Waals surface area contributed by atoms with Crippen LogP contribution in [0.5, 0.6) is 0 Å². The van der Waals surface area contributed by atoms with Crippen molar-refractivity contribution in [3.8, 4) is 0 Å². The minimum absolute atomic E-state index is 0.121. The number of aromatic nitrogens is 2. The Bertz CT molecular complexity index is 310. The monoisotopic (exact) mass is 211 g/mol. The molecule has 5 heteroatoms. The van der Waals surface area contributed by atoms with Crippen molar-refractivity contribution in [2.24, 2.45) is 0 Å². The van der Waals surface area contributed by atoms with Crippen LogP contribution in [0.2, 0.25) is 0 Å². The van der Waals surface area contributed by atoms with E-state index in [1.54, 1.807) is 6.20 Å². The van der Waals surface area contributed by atoms with Crippen LogP contribution in [0.3, 0.4) is 0 Å². The predicted molar refractivity (Wildman–Crippen MR) is 55.0 cm³/mol. The van der Waals surface area contributed by atoms with Gasteiger partial charge in [0, 0.05) is 0 Å². The summed E-state index contributed by atoms with van der Waals surface area (Å²) in [5.41, 5.74) is 0. The molecule has 0 spiro atoms. The minimum Gasteiger partial charge on any atom is -0.496 e. The second-order valence-corrected chi connectivity index (χ2v) is 3.96. The molecule has 1 N–H and O–H groups in total. The van der Waals surface area contributed by atoms with E-state index in [-0.39, 0.29) is 6.04 Å². The zero-order valence-electron chi connectivity index (χ0n) is 8.06. The van der Waals surface area contributed by atoms with Crippen LogP contribution in [0.1, 0.15) is 23.8 Å². The summed E-state index contributed by atoms with van der Waals surface area (Å²) in [5, 5.41) is 7.04. The molecule has 4 nitrogen and oxygen atoms in total. The van der Waals surface area contributed by atoms with Crippen molar-refractivity contribution < 1.29 is 4.74 Å². The number of hydrogen-bond acceptors (Lipinski definition) is 5. The SMILES string of the molecule is CNC(C1=CCCCO1)c1cnns1. The fraction of sp³-hybridized carbons (Fsp3) is 0.556. The van der Waals surface area contributed by atoms with Crippen molar-refractivity contribution in [2.75, 3.05) is 13.7 Å². The molecule has 0 saturated carbocycles. The highest BCUT2D eigenvalue weighted by Crippen LogP contribution is 2.26. The molecule has 1 unspecified atom stereocenters. The third-order valence-electron chi connectivity index (χ3n) is 2.20. The maximum Gasteiger partial charge on any atom is 0.114 e. The molecular weight excluding hydrogens is 198 g/mol. The Morgan fingerprint density at radius 3 is 3.14 bits per heavy atom. The molecule has 0 aliphatic carbocycles. The van der Waals surface area contributed by atoms with Crippen molar-refractivity contribution >= 4 is 11.5 Å². The Labute approximate surface area is 87.1 Å². The van der Waals surface area contributed by atoms with Crippen LogP contribution in [0.25, 0.3) is 0 Å². The summed E-state index contributed by atoms with van der Waals surface area (Å²) in [6, 6.07) is 0.121. The van der Waals surface area contributed by atoms with E-state index in [0.717, 1.165) is 30.1 Å². The average molecular weight is 211 g/mol. The fourth-order valence-corrected chi connectivity index (χ4v) is 2.13. The van der Waals surface area contributed by atoms with Crippen molar-refractivity contribution in [3.63, 3.8) is 0 Å². The molecule has 1 aromatic heterocycles. The largest absolute Gasteiger partial charge is 0.496 e. The summed E-state index contributed by atoms with van der Waals surface area (Å²) >= 11 is 1.40. The first-order valence-corrected chi connectivity index (χ1v) is 5.46. The van der Waals surface area contributed by atoms with Gasteiger partial charge in [0.15, 0.2) is 0 Å². The summed E-state index contributed by atoms with van der Waals surface area (Å²) in [5.74, 6) is 1.00. The predicted octanol–water partition coefficient (Wildman–Crippen LogP) is 1.49. The molecule has 76 valence electrons. The molecule has 0 aromatic carbocycles. The topological polar surface area (TPSA) is 47.0 Å². The normalized spacial score (nSPS) is 18.5. The van der Waals surface area contributed by atoms with Gasteiger partial charge in [0.25, 0.3) is 0 Å². The lowest BCUT2D eigenvalue weighted by Crippen LogP contribution is -2.21. The molecule has 0 fully saturated rings. The van der Waals surface area contributed by atoms with Crippen molar-refractivity contribution in [2.45, 2.75) is 18.9 Å². The van der Waals surface area contributed by atoms with E-state index in [1.807, 2.05) is 7.05 Å². The highest BCUT2D eigenvalue weighted by molar-refractivity contribution is 7.05. The maximum absolute atomic E-state index is 5.60. The molecule has 2 rings (SSSR count). The van der Waals surface area contributed by atoms with Gasteiger partial charge in [0.1, 0.15) is 11.8 Å². The highest BCUT2D eigenvalue weighted by Gasteiger charge is 2.19. The van der Waals surface area contributed by atoms with Crippen molar-refractivity contribution in [1.82, 2.24) is 14.9 Å². The van der Waals surface area contributed by atoms with Gasteiger partial charge in [-0.1, -0.05) is 4.49 Å². The standard InChI is InChI=1S/C9H13N3OS/c1-10-9(8-6-11-12-14-8)7-4-2-3-5-13-7/h4,6,9-10H,2-3,5H2,1H3. The number of hydrogen-bond donors (Lipinski definition) is 1. The number of ether oxygens (including phenoxy) is 1. The highest BCUT2D eigenvalue weighted by atomic mass is 32.1. The Balaban J connectivity index is 2.16. The molecule has 0 bridgehead atoms. The number of allylic oxidation sites excluding steroid dienone is 1. The van der Waals surface area contributed by atoms with Crippen LogP contribution in [-0.2, 0) is 4.74 Å². The number of nitrogens with zero attached hydrogens (tertiary/aromatic N) is 2. The third-order valence-corrected chi connectivity index (χ3v) is 2.93. The summed E-state index contributed by atoms with van der Waals surface area (Å²) in [7, 11) is 1.92. The van der Waals surface area contributed by atoms with Crippen LogP contribution in [0.15, 0.2) is 18.0 Å². The molecule has 1 aromatic rings. The van der Waals surface area contributed by atoms with Crippen LogP contribution in [-0.4, -0.2) is 23.2 Å². The van der Waals surface area contributed by atoms with Gasteiger partial charge >= 0.3 is 0 Å². The number of rotatable bonds is 3. The van der Waals surface area contributed by atoms with Gasteiger partial charge in [-0.15, -0.1) is 5.10 Å². The van der Waals surface area contributed by atoms with Gasteiger partial charge in [0.05, 0.1) is 17.7 Å². The Morgan fingerprint density at radius 2 is 2.57 bits per heavy atom. The van der Waals surface area contributed by atoms with E-state index in [9.17, 15) is 0 Å². The van der Waals surface area contributed by atoms with Gasteiger partial charge in [-0.05, 0) is 37.5 Å². The van der Waals surface area contributed by atoms with E-state index < -0.39 is 0 Å². The lowest BCUT2D eigenvalue weighted by molar-refractivity contribution is 0.170. The number of likely N-dealkylation sites (N-methyl/N-ethyl adjacent to an activating group) is 1. The summed E-state index contributed by atoms with van der Waals surface area (Å²) in [4.78, 5) is 1.10. The second-order valence-electron chi connectivity index (χ2n) is 3.14. The first kappa shape index (κ1) is 9.61. The first-order valence-electron chi connectivity index (χ1n) is 4.69. The van der Waals surface area contributed by atoms with Gasteiger partial charge < -0.3 is 10.1 Å². The van der Waals surface area contributed by atoms with Crippen molar-refractivity contribution in [1.29, 1.82) is 0 Å². The maximum atomic E-state index is 5.60. The zero-order chi connectivity index (χ0) is 9.80. The Morgan fingerprint density at radius 1 is 1.64 bits per heavy atom. The van der Waals surface area contributed by atoms with E-state index in [4.69, 9.17) is 4.74 Å². The quantitative estimate of drug-likeness (QED) is 0.823. The summed E-state index contributed by atoms with van der Waals surface area (Å²) in [6.45, 7) is 0.816. The molecule has 14 heavy (non-hydrogen) atoms. The molecule has 1 aliphatic rings. The van der Waals surface area contributed by atoms with Crippen LogP contribution in [0.4, 0.5) is 0 Å². The molecule has 1 aliphatic heterocycles. The van der Waals surface area contributed by atoms with Crippen LogP contribution >= 0.6 is 11.5 Å². The zero-order valence-corrected chi connectivity index (χ0v) is 8.88. The van der Waals surface area contributed by atoms with Crippen molar-refractivity contribution in [3.05, 3.63) is 22.9 Å². The molecule has 1 atom stereocenters. The van der Waals surface area contributed by atoms with Gasteiger partial charge in [0.2, 0.25) is 0 Å². The van der Waals surface area contributed by atoms with Crippen LogP contribution < -0.4 is 5.32 Å². The lowest BCUT2D eigenvalue weighted by Gasteiger charge is -2.21. The second kappa shape index (κ2) is 4.52. The molecular formula is C9H13N3OS. The summed E-state index contributed by atoms with van der Waals surface area (Å²) < 4.78 is 9.46. The Kier molecular flexibility index (Phi) is 3.10. The third kappa shape index (κ3) is 1.93. The molecule has 2 heterocycles. The number of nitrogens with one attached hydrogen (secondary N) is 1. The molecule has 0 amide bonds. The molecule has 0 radical (unpaired) electrons. The summed E-state index contributed by atoms with van der Waals surface area (Å²) in [6.07, 6.45) is 6.13. The Hall–Kier alpha value is -0.940. The van der Waals surface area contributed by atoms with E-state index >= 15 is 0 Å². The average Bonchev–Trinajstić information content (AvgIpc) is 2.74. The van der Waals surface area contributed by atoms with E-state index in [2.05, 4.69) is 21.0 Å². The van der Waals surface area contributed by atoms with Gasteiger partial charge in [-0.25, -0.2) is 0 Å². The van der Waals surface area contributed by atoms with Crippen LogP contribution in [0, 0.1) is 0 Å². The first-order chi connectivity index (χ1) is 6.92. The fourth-order valence-electron chi connectivity index (χ4n) is 1.50. The van der Waals surface area contributed by atoms with E-state index in [0.29, 0.717) is 0 Å². The lowest BCUT2D eigenvalue weighted by atomic mass is 10.1. The van der Waals surface area contributed by atoms with E-state index in [1.165, 1.54) is 11.5 Å². The smallest absolute Gasteiger partial charge is 0.114 e. The molecule has 0 saturated heterocycles.